The molecule has 0 amide bonds. The number of carboxylic acids is 1. The topological polar surface area (TPSA) is 115 Å². The summed E-state index contributed by atoms with van der Waals surface area (Å²) >= 11 is 0. The van der Waals surface area contributed by atoms with Gasteiger partial charge in [-0.05, 0) is 24.3 Å². The number of nitrogens with zero attached hydrogens (tertiary/aromatic N) is 2. The average molecular weight is 267 g/mol. The summed E-state index contributed by atoms with van der Waals surface area (Å²) in [5, 5.41) is 17.5. The van der Waals surface area contributed by atoms with Gasteiger partial charge in [0, 0.05) is 6.20 Å². The minimum absolute atomic E-state index is 0.0626. The minimum atomic E-state index is -3.80. The molecule has 94 valence electrons. The van der Waals surface area contributed by atoms with Crippen LogP contribution in [-0.4, -0.2) is 29.3 Å². The number of sulfonamides is 1. The van der Waals surface area contributed by atoms with Gasteiger partial charge < -0.3 is 5.11 Å². The first kappa shape index (κ1) is 12.3. The number of aromatic carboxylic acids is 1. The lowest BCUT2D eigenvalue weighted by molar-refractivity contribution is 0.0690. The molecule has 8 heteroatoms. The van der Waals surface area contributed by atoms with Gasteiger partial charge in [0.25, 0.3) is 0 Å². The molecule has 0 fully saturated rings. The van der Waals surface area contributed by atoms with Crippen molar-refractivity contribution in [3.63, 3.8) is 0 Å². The van der Waals surface area contributed by atoms with Gasteiger partial charge in [0.15, 0.2) is 5.69 Å². The smallest absolute Gasteiger partial charge is 0.356 e. The Kier molecular flexibility index (Phi) is 2.89. The zero-order valence-corrected chi connectivity index (χ0v) is 9.83. The zero-order valence-electron chi connectivity index (χ0n) is 9.02. The van der Waals surface area contributed by atoms with Crippen LogP contribution in [0.4, 0.5) is 0 Å². The molecule has 3 N–H and O–H groups in total. The predicted molar refractivity (Wildman–Crippen MR) is 61.9 cm³/mol. The van der Waals surface area contributed by atoms with Gasteiger partial charge in [0.2, 0.25) is 10.0 Å². The fraction of sp³-hybridized carbons (Fsp3) is 0. The van der Waals surface area contributed by atoms with Crippen molar-refractivity contribution in [2.24, 2.45) is 5.14 Å². The number of rotatable bonds is 3. The van der Waals surface area contributed by atoms with Gasteiger partial charge in [-0.15, -0.1) is 0 Å². The van der Waals surface area contributed by atoms with Gasteiger partial charge in [-0.1, -0.05) is 6.07 Å². The van der Waals surface area contributed by atoms with Gasteiger partial charge in [-0.25, -0.2) is 23.0 Å². The molecule has 0 radical (unpaired) electrons. The van der Waals surface area contributed by atoms with Crippen molar-refractivity contribution in [1.82, 2.24) is 9.78 Å². The summed E-state index contributed by atoms with van der Waals surface area (Å²) in [7, 11) is -3.80. The SMILES string of the molecule is NS(=O)(=O)c1cccc(-n2ccc(C(=O)O)n2)c1. The molecule has 1 heterocycles. The third kappa shape index (κ3) is 2.39. The van der Waals surface area contributed by atoms with E-state index in [0.29, 0.717) is 5.69 Å². The summed E-state index contributed by atoms with van der Waals surface area (Å²) in [5.41, 5.74) is 0.282. The second-order valence-electron chi connectivity index (χ2n) is 3.49. The number of primary sulfonamides is 1. The Hall–Kier alpha value is -2.19. The Morgan fingerprint density at radius 3 is 2.61 bits per heavy atom. The number of carbonyl (C=O) groups is 1. The summed E-state index contributed by atoms with van der Waals surface area (Å²) < 4.78 is 23.6. The summed E-state index contributed by atoms with van der Waals surface area (Å²) in [5.74, 6) is -1.16. The third-order valence-electron chi connectivity index (χ3n) is 2.22. The third-order valence-corrected chi connectivity index (χ3v) is 3.13. The molecule has 1 aromatic heterocycles. The summed E-state index contributed by atoms with van der Waals surface area (Å²) in [4.78, 5) is 10.6. The fourth-order valence-electron chi connectivity index (χ4n) is 1.38. The van der Waals surface area contributed by atoms with Crippen LogP contribution in [0.3, 0.4) is 0 Å². The number of hydrogen-bond acceptors (Lipinski definition) is 4. The highest BCUT2D eigenvalue weighted by atomic mass is 32.2. The van der Waals surface area contributed by atoms with Crippen molar-refractivity contribution in [3.05, 3.63) is 42.2 Å². The molecule has 18 heavy (non-hydrogen) atoms. The number of hydrogen-bond donors (Lipinski definition) is 2. The Morgan fingerprint density at radius 2 is 2.06 bits per heavy atom. The summed E-state index contributed by atoms with van der Waals surface area (Å²) in [6.07, 6.45) is 1.42. The molecule has 0 unspecified atom stereocenters. The monoisotopic (exact) mass is 267 g/mol. The first-order valence-electron chi connectivity index (χ1n) is 4.80. The van der Waals surface area contributed by atoms with Crippen LogP contribution < -0.4 is 5.14 Å². The van der Waals surface area contributed by atoms with Gasteiger partial charge in [0.05, 0.1) is 10.6 Å². The van der Waals surface area contributed by atoms with Crippen molar-refractivity contribution in [1.29, 1.82) is 0 Å². The lowest BCUT2D eigenvalue weighted by Gasteiger charge is -2.03. The van der Waals surface area contributed by atoms with Crippen molar-refractivity contribution in [2.45, 2.75) is 4.90 Å². The molecule has 0 aliphatic carbocycles. The number of benzene rings is 1. The van der Waals surface area contributed by atoms with E-state index in [9.17, 15) is 13.2 Å². The first-order chi connectivity index (χ1) is 8.38. The Balaban J connectivity index is 2.48. The largest absolute Gasteiger partial charge is 0.476 e. The van der Waals surface area contributed by atoms with Crippen LogP contribution in [0.2, 0.25) is 0 Å². The van der Waals surface area contributed by atoms with Gasteiger partial charge in [-0.3, -0.25) is 0 Å². The standard InChI is InChI=1S/C10H9N3O4S/c11-18(16,17)8-3-1-2-7(6-8)13-5-4-9(12-13)10(14)15/h1-6H,(H,14,15)(H2,11,16,17). The van der Waals surface area contributed by atoms with Gasteiger partial charge >= 0.3 is 5.97 Å². The molecule has 1 aromatic carbocycles. The highest BCUT2D eigenvalue weighted by Crippen LogP contribution is 2.13. The molecule has 0 aliphatic rings. The minimum Gasteiger partial charge on any atom is -0.476 e. The van der Waals surface area contributed by atoms with Crippen LogP contribution in [0, 0.1) is 0 Å². The number of nitrogens with two attached hydrogens (primary N) is 1. The first-order valence-corrected chi connectivity index (χ1v) is 6.35. The molecular weight excluding hydrogens is 258 g/mol. The van der Waals surface area contributed by atoms with Crippen LogP contribution in [0.5, 0.6) is 0 Å². The van der Waals surface area contributed by atoms with Crippen molar-refractivity contribution >= 4 is 16.0 Å². The highest BCUT2D eigenvalue weighted by Gasteiger charge is 2.11. The molecule has 0 spiro atoms. The second-order valence-corrected chi connectivity index (χ2v) is 5.05. The molecule has 0 aliphatic heterocycles. The predicted octanol–water partition coefficient (Wildman–Crippen LogP) is 0.218. The van der Waals surface area contributed by atoms with E-state index in [-0.39, 0.29) is 10.6 Å². The Labute approximate surface area is 103 Å². The van der Waals surface area contributed by atoms with Crippen LogP contribution in [0.25, 0.3) is 5.69 Å². The molecule has 7 nitrogen and oxygen atoms in total. The van der Waals surface area contributed by atoms with E-state index in [0.717, 1.165) is 0 Å². The van der Waals surface area contributed by atoms with Crippen LogP contribution >= 0.6 is 0 Å². The van der Waals surface area contributed by atoms with E-state index in [4.69, 9.17) is 10.2 Å². The van der Waals surface area contributed by atoms with E-state index in [2.05, 4.69) is 5.10 Å². The zero-order chi connectivity index (χ0) is 13.3. The quantitative estimate of drug-likeness (QED) is 0.825. The van der Waals surface area contributed by atoms with Crippen molar-refractivity contribution in [3.8, 4) is 5.69 Å². The number of aromatic nitrogens is 2. The van der Waals surface area contributed by atoms with Gasteiger partial charge in [-0.2, -0.15) is 5.10 Å². The molecule has 2 aromatic rings. The van der Waals surface area contributed by atoms with Crippen LogP contribution in [0.15, 0.2) is 41.4 Å². The molecule has 0 saturated heterocycles. The van der Waals surface area contributed by atoms with Gasteiger partial charge in [0.1, 0.15) is 0 Å². The summed E-state index contributed by atoms with van der Waals surface area (Å²) in [6, 6.07) is 7.06. The molecular formula is C10H9N3O4S. The second kappa shape index (κ2) is 4.24. The lowest BCUT2D eigenvalue weighted by atomic mass is 10.3. The van der Waals surface area contributed by atoms with E-state index in [1.807, 2.05) is 0 Å². The molecule has 0 bridgehead atoms. The molecule has 0 saturated carbocycles. The summed E-state index contributed by atoms with van der Waals surface area (Å²) in [6.45, 7) is 0. The van der Waals surface area contributed by atoms with E-state index < -0.39 is 16.0 Å². The maximum absolute atomic E-state index is 11.2. The van der Waals surface area contributed by atoms with E-state index in [1.165, 1.54) is 35.1 Å². The van der Waals surface area contributed by atoms with E-state index in [1.54, 1.807) is 6.07 Å². The average Bonchev–Trinajstić information content (AvgIpc) is 2.77. The normalized spacial score (nSPS) is 11.4. The van der Waals surface area contributed by atoms with Crippen molar-refractivity contribution < 1.29 is 18.3 Å². The maximum atomic E-state index is 11.2. The molecule has 2 rings (SSSR count). The number of carboxylic acid groups (broad SMARTS) is 1. The Morgan fingerprint density at radius 1 is 1.33 bits per heavy atom. The lowest BCUT2D eigenvalue weighted by Crippen LogP contribution is -2.12. The maximum Gasteiger partial charge on any atom is 0.356 e. The highest BCUT2D eigenvalue weighted by molar-refractivity contribution is 7.89. The Bertz CT molecular complexity index is 705. The van der Waals surface area contributed by atoms with Crippen molar-refractivity contribution in [2.75, 3.05) is 0 Å². The van der Waals surface area contributed by atoms with E-state index >= 15 is 0 Å². The van der Waals surface area contributed by atoms with Crippen LogP contribution in [0.1, 0.15) is 10.5 Å². The van der Waals surface area contributed by atoms with Crippen LogP contribution in [-0.2, 0) is 10.0 Å². The fourth-order valence-corrected chi connectivity index (χ4v) is 1.94. The molecule has 0 atom stereocenters.